The molecule has 0 N–H and O–H groups in total. The molecular weight excluding hydrogens is 442 g/mol. The van der Waals surface area contributed by atoms with Gasteiger partial charge in [-0.3, -0.25) is 4.90 Å². The van der Waals surface area contributed by atoms with E-state index in [1.54, 1.807) is 4.31 Å². The molecule has 2 atom stereocenters. The van der Waals surface area contributed by atoms with Gasteiger partial charge < -0.3 is 4.90 Å². The third-order valence-electron chi connectivity index (χ3n) is 6.71. The van der Waals surface area contributed by atoms with Crippen LogP contribution in [0.4, 0.5) is 0 Å². The Balaban J connectivity index is 1.82. The number of hydrogen-bond donors (Lipinski definition) is 1. The molecule has 2 aliphatic heterocycles. The standard InChI is InChI=1S/C20H41N3O4S3/c1-17(21-10-7-19(8-11-21)29(5,24)25)6-9-20(3,4)16-30(26,27)23-14-12-22(13-15-23)18(2)28/h17-19,28H,6-16H2,1-5H3. The number of nitrogens with zero attached hydrogens (tertiary/aromatic N) is 3. The molecule has 2 rings (SSSR count). The summed E-state index contributed by atoms with van der Waals surface area (Å²) in [6, 6.07) is 0.327. The van der Waals surface area contributed by atoms with Crippen LogP contribution >= 0.6 is 12.6 Å². The molecular formula is C20H41N3O4S3. The van der Waals surface area contributed by atoms with E-state index in [0.29, 0.717) is 32.0 Å². The van der Waals surface area contributed by atoms with Gasteiger partial charge in [-0.1, -0.05) is 13.8 Å². The van der Waals surface area contributed by atoms with Gasteiger partial charge in [-0.15, -0.1) is 0 Å². The zero-order chi connectivity index (χ0) is 22.7. The van der Waals surface area contributed by atoms with Crippen molar-refractivity contribution in [1.29, 1.82) is 0 Å². The van der Waals surface area contributed by atoms with Crippen molar-refractivity contribution < 1.29 is 16.8 Å². The van der Waals surface area contributed by atoms with Gasteiger partial charge in [0.25, 0.3) is 0 Å². The van der Waals surface area contributed by atoms with E-state index >= 15 is 0 Å². The maximum atomic E-state index is 13.0. The van der Waals surface area contributed by atoms with Gasteiger partial charge in [0, 0.05) is 43.9 Å². The van der Waals surface area contributed by atoms with Crippen LogP contribution in [0.2, 0.25) is 0 Å². The van der Waals surface area contributed by atoms with E-state index in [4.69, 9.17) is 0 Å². The van der Waals surface area contributed by atoms with Crippen molar-refractivity contribution in [2.75, 3.05) is 51.3 Å². The minimum absolute atomic E-state index is 0.148. The molecule has 0 aromatic rings. The average Bonchev–Trinajstić information content (AvgIpc) is 2.65. The van der Waals surface area contributed by atoms with Gasteiger partial charge in [0.15, 0.2) is 0 Å². The lowest BCUT2D eigenvalue weighted by Gasteiger charge is -2.38. The summed E-state index contributed by atoms with van der Waals surface area (Å²) in [6.07, 6.45) is 4.46. The van der Waals surface area contributed by atoms with Crippen molar-refractivity contribution >= 4 is 32.5 Å². The molecule has 30 heavy (non-hydrogen) atoms. The molecule has 0 saturated carbocycles. The van der Waals surface area contributed by atoms with E-state index in [-0.39, 0.29) is 21.8 Å². The predicted octanol–water partition coefficient (Wildman–Crippen LogP) is 1.91. The molecule has 0 radical (unpaired) electrons. The van der Waals surface area contributed by atoms with E-state index in [0.717, 1.165) is 39.0 Å². The Morgan fingerprint density at radius 3 is 1.93 bits per heavy atom. The van der Waals surface area contributed by atoms with Gasteiger partial charge in [-0.25, -0.2) is 16.8 Å². The number of piperazine rings is 1. The van der Waals surface area contributed by atoms with Gasteiger partial charge in [0.2, 0.25) is 10.0 Å². The summed E-state index contributed by atoms with van der Waals surface area (Å²) in [4.78, 5) is 4.54. The first-order valence-corrected chi connectivity index (χ1v) is 15.1. The lowest BCUT2D eigenvalue weighted by atomic mass is 9.88. The summed E-state index contributed by atoms with van der Waals surface area (Å²) in [5.74, 6) is 0.166. The monoisotopic (exact) mass is 483 g/mol. The summed E-state index contributed by atoms with van der Waals surface area (Å²) in [5.41, 5.74) is -0.299. The summed E-state index contributed by atoms with van der Waals surface area (Å²) < 4.78 is 51.1. The number of piperidine rings is 1. The third kappa shape index (κ3) is 7.62. The third-order valence-corrected chi connectivity index (χ3v) is 11.0. The van der Waals surface area contributed by atoms with Crippen LogP contribution in [-0.2, 0) is 19.9 Å². The van der Waals surface area contributed by atoms with Gasteiger partial charge in [0.1, 0.15) is 9.84 Å². The fourth-order valence-electron chi connectivity index (χ4n) is 4.54. The van der Waals surface area contributed by atoms with Crippen LogP contribution in [0.5, 0.6) is 0 Å². The second kappa shape index (κ2) is 10.4. The maximum Gasteiger partial charge on any atom is 0.214 e. The molecule has 2 unspecified atom stereocenters. The summed E-state index contributed by atoms with van der Waals surface area (Å²) in [6.45, 7) is 12.4. The smallest absolute Gasteiger partial charge is 0.214 e. The largest absolute Gasteiger partial charge is 0.301 e. The molecule has 0 amide bonds. The van der Waals surface area contributed by atoms with E-state index < -0.39 is 19.9 Å². The van der Waals surface area contributed by atoms with Crippen molar-refractivity contribution in [2.45, 2.75) is 70.0 Å². The highest BCUT2D eigenvalue weighted by Gasteiger charge is 2.34. The molecule has 0 aliphatic carbocycles. The number of sulfone groups is 1. The highest BCUT2D eigenvalue weighted by molar-refractivity contribution is 7.91. The van der Waals surface area contributed by atoms with Crippen molar-refractivity contribution in [1.82, 2.24) is 14.1 Å². The first kappa shape index (κ1) is 26.4. The maximum absolute atomic E-state index is 13.0. The number of sulfonamides is 1. The van der Waals surface area contributed by atoms with Gasteiger partial charge in [-0.05, 0) is 58.0 Å². The van der Waals surface area contributed by atoms with Crippen LogP contribution in [0.15, 0.2) is 0 Å². The highest BCUT2D eigenvalue weighted by atomic mass is 32.2. The average molecular weight is 484 g/mol. The SMILES string of the molecule is CC(S)N1CCN(S(=O)(=O)CC(C)(C)CCC(C)N2CCC(S(C)(=O)=O)CC2)CC1. The van der Waals surface area contributed by atoms with Gasteiger partial charge in [-0.2, -0.15) is 16.9 Å². The number of likely N-dealkylation sites (tertiary alicyclic amines) is 1. The second-order valence-corrected chi connectivity index (χ2v) is 15.0. The van der Waals surface area contributed by atoms with Crippen LogP contribution in [0.1, 0.15) is 53.4 Å². The Bertz CT molecular complexity index is 752. The van der Waals surface area contributed by atoms with Gasteiger partial charge >= 0.3 is 0 Å². The molecule has 0 aromatic carbocycles. The molecule has 2 saturated heterocycles. The summed E-state index contributed by atoms with van der Waals surface area (Å²) in [5, 5.41) is -0.0659. The van der Waals surface area contributed by atoms with Crippen LogP contribution in [0, 0.1) is 5.41 Å². The van der Waals surface area contributed by atoms with Crippen molar-refractivity contribution in [2.24, 2.45) is 5.41 Å². The molecule has 0 spiro atoms. The zero-order valence-electron chi connectivity index (χ0n) is 19.2. The number of hydrogen-bond acceptors (Lipinski definition) is 7. The Morgan fingerprint density at radius 1 is 0.933 bits per heavy atom. The molecule has 178 valence electrons. The van der Waals surface area contributed by atoms with Crippen LogP contribution in [-0.4, -0.2) is 98.9 Å². The quantitative estimate of drug-likeness (QED) is 0.505. The lowest BCUT2D eigenvalue weighted by Crippen LogP contribution is -2.51. The molecule has 7 nitrogen and oxygen atoms in total. The van der Waals surface area contributed by atoms with Crippen LogP contribution in [0.3, 0.4) is 0 Å². The summed E-state index contributed by atoms with van der Waals surface area (Å²) in [7, 11) is -6.24. The van der Waals surface area contributed by atoms with E-state index in [2.05, 4.69) is 29.4 Å². The number of rotatable bonds is 9. The number of thiol groups is 1. The Labute approximate surface area is 189 Å². The minimum Gasteiger partial charge on any atom is -0.301 e. The predicted molar refractivity (Wildman–Crippen MR) is 127 cm³/mol. The van der Waals surface area contributed by atoms with E-state index in [9.17, 15) is 16.8 Å². The van der Waals surface area contributed by atoms with E-state index in [1.165, 1.54) is 6.26 Å². The summed E-state index contributed by atoms with van der Waals surface area (Å²) >= 11 is 4.45. The lowest BCUT2D eigenvalue weighted by molar-refractivity contribution is 0.154. The Morgan fingerprint density at radius 2 is 1.47 bits per heavy atom. The van der Waals surface area contributed by atoms with Gasteiger partial charge in [0.05, 0.1) is 11.0 Å². The Hall–Kier alpha value is 0.130. The minimum atomic E-state index is -3.29. The van der Waals surface area contributed by atoms with Crippen molar-refractivity contribution in [3.63, 3.8) is 0 Å². The normalized spacial score (nSPS) is 24.1. The zero-order valence-corrected chi connectivity index (χ0v) is 21.8. The fraction of sp³-hybridized carbons (Fsp3) is 1.00. The van der Waals surface area contributed by atoms with Crippen LogP contribution in [0.25, 0.3) is 0 Å². The highest BCUT2D eigenvalue weighted by Crippen LogP contribution is 2.29. The topological polar surface area (TPSA) is 78.0 Å². The molecule has 0 aromatic heterocycles. The molecule has 0 bridgehead atoms. The molecule has 2 fully saturated rings. The first-order valence-electron chi connectivity index (χ1n) is 11.0. The molecule has 2 aliphatic rings. The second-order valence-electron chi connectivity index (χ2n) is 9.94. The van der Waals surface area contributed by atoms with Crippen LogP contribution < -0.4 is 0 Å². The fourth-order valence-corrected chi connectivity index (χ4v) is 7.87. The first-order chi connectivity index (χ1) is 13.7. The molecule has 2 heterocycles. The van der Waals surface area contributed by atoms with Crippen molar-refractivity contribution in [3.05, 3.63) is 0 Å². The Kier molecular flexibility index (Phi) is 9.13. The molecule has 10 heteroatoms. The van der Waals surface area contributed by atoms with E-state index in [1.807, 2.05) is 20.8 Å². The van der Waals surface area contributed by atoms with Crippen molar-refractivity contribution in [3.8, 4) is 0 Å².